The molecule has 18 nitrogen and oxygen atoms in total. The summed E-state index contributed by atoms with van der Waals surface area (Å²) in [5, 5.41) is 15.7. The van der Waals surface area contributed by atoms with Crippen molar-refractivity contribution < 1.29 is 28.8 Å². The molecule has 2 atom stereocenters. The van der Waals surface area contributed by atoms with E-state index in [9.17, 15) is 28.8 Å². The number of nitrogens with one attached hydrogen (secondary N) is 4. The molecule has 57 heavy (non-hydrogen) atoms. The highest BCUT2D eigenvalue weighted by atomic mass is 16.2. The molecule has 2 aromatic rings. The molecule has 0 aliphatic carbocycles. The lowest BCUT2D eigenvalue weighted by Gasteiger charge is -2.46. The number of fused-ring (bicyclic) bond motifs is 1. The standard InChI is InChI=1S/C39H48N12O6/c1-42-17-24(16-40)44-34-32(33(41)53)43-18-30(45-34)48-11-2-3-26(22-48)50-14-10-39(38(50)57)8-12-47(13-9-39)19-23-20-49(21-23)25-4-5-27-28(15-25)37(56)51(36(27)55)29-6-7-31(52)46-35(29)54/h4-5,15-18,23,26,29,40,42H,2-3,6-14,19-22H2,1H3,(H2,41,53)(H,44,45)(H,46,52,54)/b24-17+,40-16?. The predicted octanol–water partition coefficient (Wildman–Crippen LogP) is 0.519. The van der Waals surface area contributed by atoms with Crippen molar-refractivity contribution >= 4 is 59.0 Å². The van der Waals surface area contributed by atoms with Crippen LogP contribution in [0, 0.1) is 16.7 Å². The zero-order valence-corrected chi connectivity index (χ0v) is 32.0. The zero-order valence-electron chi connectivity index (χ0n) is 32.0. The zero-order chi connectivity index (χ0) is 40.0. The number of imide groups is 2. The molecule has 0 radical (unpaired) electrons. The Labute approximate surface area is 329 Å². The van der Waals surface area contributed by atoms with Crippen LogP contribution in [0.1, 0.15) is 76.2 Å². The van der Waals surface area contributed by atoms with Crippen LogP contribution in [-0.2, 0) is 14.4 Å². The summed E-state index contributed by atoms with van der Waals surface area (Å²) in [4.78, 5) is 95.5. The first kappa shape index (κ1) is 38.0. The fourth-order valence-corrected chi connectivity index (χ4v) is 9.36. The summed E-state index contributed by atoms with van der Waals surface area (Å²) in [5.41, 5.74) is 7.01. The molecular weight excluding hydrogens is 733 g/mol. The quantitative estimate of drug-likeness (QED) is 0.155. The Morgan fingerprint density at radius 1 is 1.00 bits per heavy atom. The maximum atomic E-state index is 14.2. The Bertz CT molecular complexity index is 2060. The maximum Gasteiger partial charge on any atom is 0.271 e. The largest absolute Gasteiger partial charge is 0.392 e. The van der Waals surface area contributed by atoms with Gasteiger partial charge in [0, 0.05) is 82.8 Å². The number of aromatic nitrogens is 2. The Morgan fingerprint density at radius 3 is 2.47 bits per heavy atom. The van der Waals surface area contributed by atoms with E-state index in [1.54, 1.807) is 25.4 Å². The van der Waals surface area contributed by atoms with E-state index in [2.05, 4.69) is 45.5 Å². The van der Waals surface area contributed by atoms with E-state index in [1.165, 1.54) is 6.20 Å². The van der Waals surface area contributed by atoms with Gasteiger partial charge < -0.3 is 41.4 Å². The average Bonchev–Trinajstić information content (AvgIpc) is 3.64. The molecule has 6 amide bonds. The molecule has 0 bridgehead atoms. The van der Waals surface area contributed by atoms with Crippen LogP contribution in [0.25, 0.3) is 0 Å². The number of allylic oxidation sites excluding steroid dienone is 1. The molecule has 6 aliphatic rings. The number of anilines is 3. The van der Waals surface area contributed by atoms with Crippen LogP contribution in [0.2, 0.25) is 0 Å². The first-order valence-electron chi connectivity index (χ1n) is 19.7. The SMILES string of the molecule is CN/C=C(\C=N)Nc1nc(N2CCCC(N3CCC4(CCN(CC5CN(c6ccc7c(c6)C(=O)N(C6CCC(=O)NC6=O)C7=O)C5)CC4)C3=O)C2)cnc1C(N)=O. The van der Waals surface area contributed by atoms with Crippen molar-refractivity contribution in [3.63, 3.8) is 0 Å². The van der Waals surface area contributed by atoms with Crippen molar-refractivity contribution in [1.29, 1.82) is 5.41 Å². The van der Waals surface area contributed by atoms with Gasteiger partial charge >= 0.3 is 0 Å². The second-order valence-corrected chi connectivity index (χ2v) is 16.0. The number of piperidine rings is 3. The van der Waals surface area contributed by atoms with Crippen molar-refractivity contribution in [2.24, 2.45) is 17.1 Å². The van der Waals surface area contributed by atoms with Crippen LogP contribution in [0.15, 0.2) is 36.3 Å². The van der Waals surface area contributed by atoms with Crippen molar-refractivity contribution in [2.75, 3.05) is 74.5 Å². The topological polar surface area (TPSA) is 230 Å². The Kier molecular flexibility index (Phi) is 10.1. The minimum Gasteiger partial charge on any atom is -0.392 e. The van der Waals surface area contributed by atoms with Gasteiger partial charge in [-0.25, -0.2) is 9.97 Å². The summed E-state index contributed by atoms with van der Waals surface area (Å²) >= 11 is 0. The molecule has 1 spiro atoms. The molecule has 1 aromatic carbocycles. The molecule has 6 N–H and O–H groups in total. The minimum atomic E-state index is -0.988. The molecule has 1 aromatic heterocycles. The molecule has 300 valence electrons. The lowest BCUT2D eigenvalue weighted by molar-refractivity contribution is -0.140. The fraction of sp³-hybridized carbons (Fsp3) is 0.513. The van der Waals surface area contributed by atoms with Crippen LogP contribution in [0.5, 0.6) is 0 Å². The number of hydrogen-bond acceptors (Lipinski definition) is 14. The summed E-state index contributed by atoms with van der Waals surface area (Å²) in [6.07, 6.45) is 8.68. The van der Waals surface area contributed by atoms with E-state index < -0.39 is 35.6 Å². The third-order valence-corrected chi connectivity index (χ3v) is 12.5. The van der Waals surface area contributed by atoms with E-state index in [-0.39, 0.29) is 52.8 Å². The number of primary amides is 1. The number of rotatable bonds is 11. The van der Waals surface area contributed by atoms with Gasteiger partial charge in [-0.3, -0.25) is 39.0 Å². The van der Waals surface area contributed by atoms with Crippen LogP contribution in [-0.4, -0.2) is 138 Å². The first-order valence-corrected chi connectivity index (χ1v) is 19.7. The van der Waals surface area contributed by atoms with Gasteiger partial charge in [-0.05, 0) is 69.8 Å². The van der Waals surface area contributed by atoms with Crippen molar-refractivity contribution in [3.8, 4) is 0 Å². The minimum absolute atomic E-state index is 0.0223. The molecule has 5 fully saturated rings. The summed E-state index contributed by atoms with van der Waals surface area (Å²) in [6, 6.07) is 4.30. The summed E-state index contributed by atoms with van der Waals surface area (Å²) in [5.74, 6) is -1.35. The van der Waals surface area contributed by atoms with Gasteiger partial charge in [-0.1, -0.05) is 0 Å². The smallest absolute Gasteiger partial charge is 0.271 e. The monoisotopic (exact) mass is 780 g/mol. The number of nitrogens with two attached hydrogens (primary N) is 1. The average molecular weight is 781 g/mol. The number of benzene rings is 1. The van der Waals surface area contributed by atoms with Gasteiger partial charge in [0.2, 0.25) is 17.7 Å². The third-order valence-electron chi connectivity index (χ3n) is 12.5. The van der Waals surface area contributed by atoms with Crippen molar-refractivity contribution in [3.05, 3.63) is 53.1 Å². The first-order chi connectivity index (χ1) is 27.5. The molecule has 5 saturated heterocycles. The summed E-state index contributed by atoms with van der Waals surface area (Å²) in [6.45, 7) is 6.33. The van der Waals surface area contributed by atoms with Crippen LogP contribution >= 0.6 is 0 Å². The van der Waals surface area contributed by atoms with Gasteiger partial charge in [0.25, 0.3) is 17.7 Å². The highest BCUT2D eigenvalue weighted by Crippen LogP contribution is 2.44. The highest BCUT2D eigenvalue weighted by Gasteiger charge is 2.51. The predicted molar refractivity (Wildman–Crippen MR) is 209 cm³/mol. The van der Waals surface area contributed by atoms with Crippen LogP contribution in [0.4, 0.5) is 17.3 Å². The molecule has 18 heteroatoms. The van der Waals surface area contributed by atoms with Gasteiger partial charge in [0.15, 0.2) is 11.5 Å². The van der Waals surface area contributed by atoms with Crippen molar-refractivity contribution in [2.45, 2.75) is 57.0 Å². The lowest BCUT2D eigenvalue weighted by atomic mass is 9.76. The van der Waals surface area contributed by atoms with Crippen molar-refractivity contribution in [1.82, 2.24) is 35.3 Å². The van der Waals surface area contributed by atoms with E-state index >= 15 is 0 Å². The molecule has 6 aliphatic heterocycles. The van der Waals surface area contributed by atoms with Gasteiger partial charge in [0.1, 0.15) is 11.9 Å². The summed E-state index contributed by atoms with van der Waals surface area (Å²) < 4.78 is 0. The number of amides is 6. The number of nitrogens with zero attached hydrogens (tertiary/aromatic N) is 7. The normalized spacial score (nSPS) is 24.2. The second kappa shape index (κ2) is 15.2. The molecule has 2 unspecified atom stereocenters. The number of carbonyl (C=O) groups is 6. The molecular formula is C39H48N12O6. The van der Waals surface area contributed by atoms with E-state index in [0.29, 0.717) is 24.0 Å². The number of hydrogen-bond donors (Lipinski definition) is 5. The third kappa shape index (κ3) is 7.06. The highest BCUT2D eigenvalue weighted by molar-refractivity contribution is 6.23. The lowest BCUT2D eigenvalue weighted by Crippen LogP contribution is -2.54. The molecule has 8 rings (SSSR count). The van der Waals surface area contributed by atoms with E-state index in [4.69, 9.17) is 11.1 Å². The Hall–Kier alpha value is -5.91. The van der Waals surface area contributed by atoms with Gasteiger partial charge in [-0.2, -0.15) is 0 Å². The van der Waals surface area contributed by atoms with Gasteiger partial charge in [-0.15, -0.1) is 0 Å². The summed E-state index contributed by atoms with van der Waals surface area (Å²) in [7, 11) is 1.70. The Balaban J connectivity index is 0.832. The number of likely N-dealkylation sites (tertiary alicyclic amines) is 2. The fourth-order valence-electron chi connectivity index (χ4n) is 9.36. The van der Waals surface area contributed by atoms with Crippen LogP contribution < -0.4 is 31.5 Å². The van der Waals surface area contributed by atoms with Gasteiger partial charge in [0.05, 0.1) is 28.4 Å². The maximum absolute atomic E-state index is 14.2. The van der Waals surface area contributed by atoms with E-state index in [1.807, 2.05) is 6.07 Å². The van der Waals surface area contributed by atoms with Crippen LogP contribution in [0.3, 0.4) is 0 Å². The second-order valence-electron chi connectivity index (χ2n) is 16.0. The number of carbonyl (C=O) groups excluding carboxylic acids is 6. The molecule has 0 saturated carbocycles. The molecule has 7 heterocycles. The van der Waals surface area contributed by atoms with E-state index in [0.717, 1.165) is 94.7 Å². The Morgan fingerprint density at radius 2 is 1.75 bits per heavy atom.